The number of imidazole rings is 1. The number of nitrogens with two attached hydrogens (primary N) is 1. The number of pyridine rings is 1. The summed E-state index contributed by atoms with van der Waals surface area (Å²) in [6, 6.07) is 7.93. The van der Waals surface area contributed by atoms with E-state index < -0.39 is 11.6 Å². The van der Waals surface area contributed by atoms with Crippen molar-refractivity contribution in [3.63, 3.8) is 0 Å². The van der Waals surface area contributed by atoms with Gasteiger partial charge in [0.1, 0.15) is 23.2 Å². The minimum atomic E-state index is -0.733. The quantitative estimate of drug-likeness (QED) is 0.480. The highest BCUT2D eigenvalue weighted by atomic mass is 19.1. The average molecular weight is 450 g/mol. The maximum Gasteiger partial charge on any atom is 0.139 e. The molecule has 1 saturated carbocycles. The Bertz CT molecular complexity index is 1280. The number of aromatic nitrogens is 4. The van der Waals surface area contributed by atoms with Gasteiger partial charge in [-0.1, -0.05) is 6.42 Å². The zero-order chi connectivity index (χ0) is 22.9. The number of fused-ring (bicyclic) bond motifs is 1. The highest BCUT2D eigenvalue weighted by Gasteiger charge is 2.23. The fourth-order valence-corrected chi connectivity index (χ4v) is 4.76. The maximum atomic E-state index is 14.6. The highest BCUT2D eigenvalue weighted by Crippen LogP contribution is 2.34. The normalized spacial score (nSPS) is 18.5. The molecular formula is C25H25F2N5O. The molecule has 8 heteroatoms. The summed E-state index contributed by atoms with van der Waals surface area (Å²) in [4.78, 5) is 8.86. The Balaban J connectivity index is 1.52. The van der Waals surface area contributed by atoms with Crippen LogP contribution >= 0.6 is 0 Å². The summed E-state index contributed by atoms with van der Waals surface area (Å²) in [6.45, 7) is 0. The van der Waals surface area contributed by atoms with Crippen molar-refractivity contribution in [3.05, 3.63) is 77.5 Å². The minimum Gasteiger partial charge on any atom is -0.497 e. The van der Waals surface area contributed by atoms with Gasteiger partial charge in [0.15, 0.2) is 0 Å². The van der Waals surface area contributed by atoms with Crippen molar-refractivity contribution in [1.82, 2.24) is 19.6 Å². The summed E-state index contributed by atoms with van der Waals surface area (Å²) in [5, 5.41) is 4.53. The van der Waals surface area contributed by atoms with Crippen LogP contribution in [0.2, 0.25) is 0 Å². The molecule has 0 amide bonds. The minimum absolute atomic E-state index is 0.115. The molecule has 2 atom stereocenters. The first-order valence-electron chi connectivity index (χ1n) is 11.1. The topological polar surface area (TPSA) is 78.3 Å². The van der Waals surface area contributed by atoms with Gasteiger partial charge in [-0.2, -0.15) is 5.10 Å². The molecule has 6 nitrogen and oxygen atoms in total. The van der Waals surface area contributed by atoms with Gasteiger partial charge >= 0.3 is 0 Å². The molecule has 3 aromatic heterocycles. The maximum absolute atomic E-state index is 14.6. The van der Waals surface area contributed by atoms with Crippen LogP contribution < -0.4 is 10.5 Å². The van der Waals surface area contributed by atoms with Crippen molar-refractivity contribution in [2.45, 2.75) is 44.1 Å². The Morgan fingerprint density at radius 2 is 1.94 bits per heavy atom. The van der Waals surface area contributed by atoms with Gasteiger partial charge in [0.25, 0.3) is 0 Å². The summed E-state index contributed by atoms with van der Waals surface area (Å²) in [5.41, 5.74) is 9.26. The molecule has 33 heavy (non-hydrogen) atoms. The van der Waals surface area contributed by atoms with Crippen LogP contribution in [0.5, 0.6) is 5.75 Å². The van der Waals surface area contributed by atoms with E-state index in [1.54, 1.807) is 22.8 Å². The van der Waals surface area contributed by atoms with E-state index in [1.807, 2.05) is 12.4 Å². The smallest absolute Gasteiger partial charge is 0.139 e. The summed E-state index contributed by atoms with van der Waals surface area (Å²) >= 11 is 0. The highest BCUT2D eigenvalue weighted by molar-refractivity contribution is 5.63. The lowest BCUT2D eigenvalue weighted by molar-refractivity contribution is 0.392. The Morgan fingerprint density at radius 3 is 2.70 bits per heavy atom. The fraction of sp³-hybridized carbons (Fsp3) is 0.320. The molecule has 0 unspecified atom stereocenters. The van der Waals surface area contributed by atoms with E-state index in [1.165, 1.54) is 12.7 Å². The predicted octanol–water partition coefficient (Wildman–Crippen LogP) is 4.65. The molecule has 4 aromatic rings. The van der Waals surface area contributed by atoms with Crippen LogP contribution in [0.15, 0.2) is 48.9 Å². The lowest BCUT2D eigenvalue weighted by atomic mass is 9.80. The van der Waals surface area contributed by atoms with Crippen molar-refractivity contribution in [2.24, 2.45) is 5.73 Å². The van der Waals surface area contributed by atoms with E-state index in [0.29, 0.717) is 18.2 Å². The number of ether oxygens (including phenoxy) is 1. The second-order valence-corrected chi connectivity index (χ2v) is 8.57. The predicted molar refractivity (Wildman–Crippen MR) is 121 cm³/mol. The van der Waals surface area contributed by atoms with Gasteiger partial charge in [0.2, 0.25) is 0 Å². The third-order valence-corrected chi connectivity index (χ3v) is 6.41. The van der Waals surface area contributed by atoms with Gasteiger partial charge in [-0.05, 0) is 54.5 Å². The van der Waals surface area contributed by atoms with Gasteiger partial charge < -0.3 is 10.5 Å². The van der Waals surface area contributed by atoms with E-state index in [0.717, 1.165) is 48.9 Å². The summed E-state index contributed by atoms with van der Waals surface area (Å²) < 4.78 is 35.9. The molecule has 0 saturated heterocycles. The van der Waals surface area contributed by atoms with E-state index in [-0.39, 0.29) is 23.0 Å². The van der Waals surface area contributed by atoms with Crippen molar-refractivity contribution in [1.29, 1.82) is 0 Å². The second-order valence-electron chi connectivity index (χ2n) is 8.57. The Hall–Kier alpha value is -3.39. The van der Waals surface area contributed by atoms with Crippen molar-refractivity contribution < 1.29 is 13.5 Å². The van der Waals surface area contributed by atoms with E-state index in [4.69, 9.17) is 10.5 Å². The molecule has 0 spiro atoms. The lowest BCUT2D eigenvalue weighted by Crippen LogP contribution is -2.27. The van der Waals surface area contributed by atoms with E-state index in [9.17, 15) is 8.78 Å². The molecule has 0 aliphatic heterocycles. The first-order chi connectivity index (χ1) is 16.0. The monoisotopic (exact) mass is 449 g/mol. The molecular weight excluding hydrogens is 424 g/mol. The first-order valence-corrected chi connectivity index (χ1v) is 11.1. The third-order valence-electron chi connectivity index (χ3n) is 6.41. The molecule has 170 valence electrons. The first kappa shape index (κ1) is 21.5. The summed E-state index contributed by atoms with van der Waals surface area (Å²) in [7, 11) is 1.36. The molecule has 0 bridgehead atoms. The number of halogens is 2. The Morgan fingerprint density at radius 1 is 1.12 bits per heavy atom. The SMILES string of the molecule is COc1cc(F)c(-c2ccc3cnc(Cc4cnccc4[C@@H]4CCC[C@H](N)C4)n3n2)c(F)c1. The average Bonchev–Trinajstić information content (AvgIpc) is 3.21. The van der Waals surface area contributed by atoms with Gasteiger partial charge in [-0.3, -0.25) is 4.98 Å². The van der Waals surface area contributed by atoms with E-state index in [2.05, 4.69) is 21.1 Å². The molecule has 5 rings (SSSR count). The fourth-order valence-electron chi connectivity index (χ4n) is 4.76. The van der Waals surface area contributed by atoms with Gasteiger partial charge in [-0.15, -0.1) is 0 Å². The molecule has 1 aliphatic rings. The molecule has 1 fully saturated rings. The zero-order valence-corrected chi connectivity index (χ0v) is 18.3. The number of hydrogen-bond acceptors (Lipinski definition) is 5. The second kappa shape index (κ2) is 8.86. The lowest BCUT2D eigenvalue weighted by Gasteiger charge is -2.28. The van der Waals surface area contributed by atoms with Crippen LogP contribution in [-0.4, -0.2) is 32.7 Å². The van der Waals surface area contributed by atoms with Crippen LogP contribution in [-0.2, 0) is 6.42 Å². The molecule has 1 aromatic carbocycles. The number of benzene rings is 1. The number of rotatable bonds is 5. The summed E-state index contributed by atoms with van der Waals surface area (Å²) in [5.74, 6) is -0.281. The van der Waals surface area contributed by atoms with Crippen LogP contribution in [0.4, 0.5) is 8.78 Å². The third kappa shape index (κ3) is 4.18. The van der Waals surface area contributed by atoms with E-state index >= 15 is 0 Å². The largest absolute Gasteiger partial charge is 0.497 e. The van der Waals surface area contributed by atoms with Crippen LogP contribution in [0.1, 0.15) is 48.6 Å². The van der Waals surface area contributed by atoms with Crippen molar-refractivity contribution in [2.75, 3.05) is 7.11 Å². The van der Waals surface area contributed by atoms with Crippen LogP contribution in [0.25, 0.3) is 16.8 Å². The Labute approximate surface area is 190 Å². The van der Waals surface area contributed by atoms with Crippen molar-refractivity contribution in [3.8, 4) is 17.0 Å². The zero-order valence-electron chi connectivity index (χ0n) is 18.3. The number of nitrogens with zero attached hydrogens (tertiary/aromatic N) is 4. The van der Waals surface area contributed by atoms with Gasteiger partial charge in [-0.25, -0.2) is 18.3 Å². The molecule has 1 aliphatic carbocycles. The van der Waals surface area contributed by atoms with Gasteiger partial charge in [0.05, 0.1) is 30.1 Å². The summed E-state index contributed by atoms with van der Waals surface area (Å²) in [6.07, 6.45) is 10.1. The molecule has 2 N–H and O–H groups in total. The standard InChI is InChI=1S/C25H25F2N5O/c1-33-19-11-21(26)25(22(27)12-19)23-6-5-18-14-30-24(32(18)31-23)10-16-13-29-8-7-20(16)15-3-2-4-17(28)9-15/h5-8,11-15,17H,2-4,9-10,28H2,1H3/t15-,17+/m1/s1. The molecule has 0 radical (unpaired) electrons. The Kier molecular flexibility index (Phi) is 5.76. The van der Waals surface area contributed by atoms with Crippen molar-refractivity contribution >= 4 is 5.52 Å². The molecule has 3 heterocycles. The van der Waals surface area contributed by atoms with Crippen LogP contribution in [0, 0.1) is 11.6 Å². The van der Waals surface area contributed by atoms with Crippen LogP contribution in [0.3, 0.4) is 0 Å². The number of hydrogen-bond donors (Lipinski definition) is 1. The van der Waals surface area contributed by atoms with Gasteiger partial charge in [0, 0.05) is 37.0 Å². The number of methoxy groups -OCH3 is 1.